The highest BCUT2D eigenvalue weighted by atomic mass is 16.2. The molecule has 2 rings (SSSR count). The quantitative estimate of drug-likeness (QED) is 0.680. The Labute approximate surface area is 127 Å². The van der Waals surface area contributed by atoms with Crippen LogP contribution in [-0.4, -0.2) is 35.7 Å². The van der Waals surface area contributed by atoms with Crippen molar-refractivity contribution >= 4 is 22.4 Å². The standard InChI is InChI=1S/C15H20N4O3/c1-3-19(9-5-8-16-10(2)20)12-7-4-6-11-13(12)15(22)18-17-14(11)21/h4,6-7H,3,5,8-9H2,1-2H3,(H,16,20)(H,17,21)(H,18,22). The third-order valence-corrected chi connectivity index (χ3v) is 3.50. The lowest BCUT2D eigenvalue weighted by Gasteiger charge is -2.24. The first-order valence-electron chi connectivity index (χ1n) is 7.27. The molecular formula is C15H20N4O3. The molecule has 0 fully saturated rings. The minimum absolute atomic E-state index is 0.0591. The largest absolute Gasteiger partial charge is 0.371 e. The van der Waals surface area contributed by atoms with Crippen LogP contribution in [0.4, 0.5) is 5.69 Å². The predicted molar refractivity (Wildman–Crippen MR) is 86.4 cm³/mol. The molecule has 2 aromatic rings. The number of fused-ring (bicyclic) bond motifs is 1. The number of amides is 1. The average molecular weight is 304 g/mol. The Hall–Kier alpha value is -2.57. The number of hydrogen-bond acceptors (Lipinski definition) is 4. The molecule has 0 bridgehead atoms. The van der Waals surface area contributed by atoms with Gasteiger partial charge in [0.25, 0.3) is 11.1 Å². The number of anilines is 1. The molecule has 0 spiro atoms. The average Bonchev–Trinajstić information content (AvgIpc) is 2.50. The number of aromatic nitrogens is 2. The van der Waals surface area contributed by atoms with E-state index in [1.807, 2.05) is 17.9 Å². The van der Waals surface area contributed by atoms with E-state index in [9.17, 15) is 14.4 Å². The number of benzene rings is 1. The molecule has 3 N–H and O–H groups in total. The second-order valence-electron chi connectivity index (χ2n) is 5.02. The zero-order chi connectivity index (χ0) is 16.1. The van der Waals surface area contributed by atoms with Crippen molar-refractivity contribution in [2.45, 2.75) is 20.3 Å². The van der Waals surface area contributed by atoms with E-state index in [1.165, 1.54) is 6.92 Å². The zero-order valence-electron chi connectivity index (χ0n) is 12.7. The van der Waals surface area contributed by atoms with E-state index >= 15 is 0 Å². The lowest BCUT2D eigenvalue weighted by molar-refractivity contribution is -0.118. The smallest absolute Gasteiger partial charge is 0.272 e. The number of hydrogen-bond donors (Lipinski definition) is 3. The lowest BCUT2D eigenvalue weighted by atomic mass is 10.1. The van der Waals surface area contributed by atoms with Crippen molar-refractivity contribution in [2.24, 2.45) is 0 Å². The highest BCUT2D eigenvalue weighted by molar-refractivity contribution is 5.92. The van der Waals surface area contributed by atoms with Gasteiger partial charge in [-0.2, -0.15) is 0 Å². The molecule has 7 heteroatoms. The molecule has 0 aliphatic carbocycles. The molecule has 7 nitrogen and oxygen atoms in total. The van der Waals surface area contributed by atoms with Gasteiger partial charge in [-0.05, 0) is 25.5 Å². The van der Waals surface area contributed by atoms with Gasteiger partial charge in [0, 0.05) is 26.6 Å². The van der Waals surface area contributed by atoms with Crippen LogP contribution in [0.1, 0.15) is 20.3 Å². The molecule has 1 aromatic carbocycles. The van der Waals surface area contributed by atoms with Crippen molar-refractivity contribution in [2.75, 3.05) is 24.5 Å². The molecule has 1 heterocycles. The fourth-order valence-electron chi connectivity index (χ4n) is 2.46. The van der Waals surface area contributed by atoms with Crippen LogP contribution in [0.15, 0.2) is 27.8 Å². The molecule has 0 unspecified atom stereocenters. The zero-order valence-corrected chi connectivity index (χ0v) is 12.7. The van der Waals surface area contributed by atoms with Gasteiger partial charge in [-0.1, -0.05) is 6.07 Å². The molecule has 0 saturated heterocycles. The van der Waals surface area contributed by atoms with E-state index in [4.69, 9.17) is 0 Å². The third-order valence-electron chi connectivity index (χ3n) is 3.50. The molecule has 1 aromatic heterocycles. The molecule has 1 amide bonds. The Kier molecular flexibility index (Phi) is 4.98. The molecule has 118 valence electrons. The van der Waals surface area contributed by atoms with Crippen molar-refractivity contribution < 1.29 is 4.79 Å². The Morgan fingerprint density at radius 1 is 1.23 bits per heavy atom. The van der Waals surface area contributed by atoms with E-state index in [-0.39, 0.29) is 17.0 Å². The first-order chi connectivity index (χ1) is 10.5. The summed E-state index contributed by atoms with van der Waals surface area (Å²) in [7, 11) is 0. The summed E-state index contributed by atoms with van der Waals surface area (Å²) in [5.41, 5.74) is 0.103. The first-order valence-corrected chi connectivity index (χ1v) is 7.27. The molecule has 0 aliphatic heterocycles. The van der Waals surface area contributed by atoms with Crippen LogP contribution >= 0.6 is 0 Å². The monoisotopic (exact) mass is 304 g/mol. The Balaban J connectivity index is 2.31. The maximum absolute atomic E-state index is 12.1. The Bertz CT molecular complexity index is 778. The summed E-state index contributed by atoms with van der Waals surface area (Å²) in [5.74, 6) is -0.0591. The van der Waals surface area contributed by atoms with E-state index in [0.29, 0.717) is 30.4 Å². The van der Waals surface area contributed by atoms with Gasteiger partial charge in [0.15, 0.2) is 0 Å². The first kappa shape index (κ1) is 15.8. The summed E-state index contributed by atoms with van der Waals surface area (Å²) in [4.78, 5) is 36.8. The van der Waals surface area contributed by atoms with Crippen LogP contribution in [0.5, 0.6) is 0 Å². The second kappa shape index (κ2) is 6.93. The molecular weight excluding hydrogens is 284 g/mol. The number of aromatic amines is 2. The van der Waals surface area contributed by atoms with Crippen molar-refractivity contribution in [3.05, 3.63) is 38.9 Å². The van der Waals surface area contributed by atoms with Gasteiger partial charge in [0.05, 0.1) is 16.5 Å². The highest BCUT2D eigenvalue weighted by Gasteiger charge is 2.13. The van der Waals surface area contributed by atoms with Crippen molar-refractivity contribution in [3.63, 3.8) is 0 Å². The maximum Gasteiger partial charge on any atom is 0.272 e. The van der Waals surface area contributed by atoms with E-state index in [1.54, 1.807) is 12.1 Å². The van der Waals surface area contributed by atoms with Crippen LogP contribution in [0.3, 0.4) is 0 Å². The SMILES string of the molecule is CCN(CCCNC(C)=O)c1cccc2c(=O)[nH][nH]c(=O)c12. The van der Waals surface area contributed by atoms with Gasteiger partial charge in [-0.25, -0.2) is 0 Å². The molecule has 22 heavy (non-hydrogen) atoms. The van der Waals surface area contributed by atoms with E-state index in [0.717, 1.165) is 12.1 Å². The van der Waals surface area contributed by atoms with Crippen molar-refractivity contribution in [3.8, 4) is 0 Å². The number of nitrogens with zero attached hydrogens (tertiary/aromatic N) is 1. The van der Waals surface area contributed by atoms with Crippen LogP contribution in [0.2, 0.25) is 0 Å². The number of H-pyrrole nitrogens is 2. The van der Waals surface area contributed by atoms with Crippen LogP contribution < -0.4 is 21.3 Å². The molecule has 0 saturated carbocycles. The highest BCUT2D eigenvalue weighted by Crippen LogP contribution is 2.21. The van der Waals surface area contributed by atoms with E-state index < -0.39 is 0 Å². The summed E-state index contributed by atoms with van der Waals surface area (Å²) in [6, 6.07) is 5.24. The summed E-state index contributed by atoms with van der Waals surface area (Å²) in [5, 5.41) is 8.22. The predicted octanol–water partition coefficient (Wildman–Crippen LogP) is 0.569. The second-order valence-corrected chi connectivity index (χ2v) is 5.02. The minimum atomic E-state index is -0.314. The Morgan fingerprint density at radius 2 is 1.95 bits per heavy atom. The topological polar surface area (TPSA) is 98.1 Å². The van der Waals surface area contributed by atoms with Gasteiger partial charge in [-0.15, -0.1) is 0 Å². The fraction of sp³-hybridized carbons (Fsp3) is 0.400. The van der Waals surface area contributed by atoms with Gasteiger partial charge in [0.1, 0.15) is 0 Å². The van der Waals surface area contributed by atoms with Crippen molar-refractivity contribution in [1.29, 1.82) is 0 Å². The van der Waals surface area contributed by atoms with Gasteiger partial charge in [0.2, 0.25) is 5.91 Å². The molecule has 0 atom stereocenters. The summed E-state index contributed by atoms with van der Waals surface area (Å²) >= 11 is 0. The maximum atomic E-state index is 12.1. The molecule has 0 radical (unpaired) electrons. The number of rotatable bonds is 6. The fourth-order valence-corrected chi connectivity index (χ4v) is 2.46. The molecule has 0 aliphatic rings. The van der Waals surface area contributed by atoms with Crippen LogP contribution in [0, 0.1) is 0 Å². The lowest BCUT2D eigenvalue weighted by Crippen LogP contribution is -2.30. The number of carbonyl (C=O) groups is 1. The minimum Gasteiger partial charge on any atom is -0.371 e. The summed E-state index contributed by atoms with van der Waals surface area (Å²) in [6.45, 7) is 5.42. The van der Waals surface area contributed by atoms with E-state index in [2.05, 4.69) is 15.5 Å². The van der Waals surface area contributed by atoms with Crippen LogP contribution in [0.25, 0.3) is 10.8 Å². The van der Waals surface area contributed by atoms with Crippen LogP contribution in [-0.2, 0) is 4.79 Å². The van der Waals surface area contributed by atoms with Gasteiger partial charge >= 0.3 is 0 Å². The normalized spacial score (nSPS) is 10.6. The summed E-state index contributed by atoms with van der Waals surface area (Å²) in [6.07, 6.45) is 0.755. The summed E-state index contributed by atoms with van der Waals surface area (Å²) < 4.78 is 0. The van der Waals surface area contributed by atoms with Crippen molar-refractivity contribution in [1.82, 2.24) is 15.5 Å². The third kappa shape index (κ3) is 3.36. The number of nitrogens with one attached hydrogen (secondary N) is 3. The van der Waals surface area contributed by atoms with Gasteiger partial charge < -0.3 is 10.2 Å². The Morgan fingerprint density at radius 3 is 2.64 bits per heavy atom. The van der Waals surface area contributed by atoms with Gasteiger partial charge in [-0.3, -0.25) is 24.6 Å². The number of carbonyl (C=O) groups excluding carboxylic acids is 1.